The molecule has 0 aliphatic rings. The molecule has 0 bridgehead atoms. The molecule has 3 nitrogen and oxygen atoms in total. The minimum atomic E-state index is -0.249. The maximum absolute atomic E-state index is 13.1. The van der Waals surface area contributed by atoms with Crippen LogP contribution in [-0.2, 0) is 6.42 Å². The lowest BCUT2D eigenvalue weighted by molar-refractivity contribution is 0.625. The second-order valence-electron chi connectivity index (χ2n) is 4.04. The van der Waals surface area contributed by atoms with E-state index in [1.54, 1.807) is 10.7 Å². The molecule has 17 heavy (non-hydrogen) atoms. The minimum absolute atomic E-state index is 0.249. The third-order valence-electron chi connectivity index (χ3n) is 2.81. The van der Waals surface area contributed by atoms with Crippen molar-refractivity contribution in [3.63, 3.8) is 0 Å². The van der Waals surface area contributed by atoms with Gasteiger partial charge >= 0.3 is 0 Å². The molecule has 4 heteroatoms. The Morgan fingerprint density at radius 1 is 1.41 bits per heavy atom. The first kappa shape index (κ1) is 11.8. The summed E-state index contributed by atoms with van der Waals surface area (Å²) in [5, 5.41) is 4.29. The van der Waals surface area contributed by atoms with Crippen molar-refractivity contribution in [2.75, 3.05) is 6.54 Å². The molecule has 1 aromatic carbocycles. The van der Waals surface area contributed by atoms with Gasteiger partial charge in [-0.25, -0.2) is 9.07 Å². The van der Waals surface area contributed by atoms with Gasteiger partial charge in [0.25, 0.3) is 0 Å². The van der Waals surface area contributed by atoms with E-state index in [1.165, 1.54) is 17.7 Å². The molecule has 2 rings (SSSR count). The fraction of sp³-hybridized carbons (Fsp3) is 0.308. The summed E-state index contributed by atoms with van der Waals surface area (Å²) in [7, 11) is 0. The van der Waals surface area contributed by atoms with E-state index in [2.05, 4.69) is 5.10 Å². The molecule has 0 saturated carbocycles. The van der Waals surface area contributed by atoms with Crippen LogP contribution in [0.25, 0.3) is 5.69 Å². The predicted octanol–water partition coefficient (Wildman–Crippen LogP) is 2.21. The Kier molecular flexibility index (Phi) is 3.54. The Labute approximate surface area is 100 Å². The average Bonchev–Trinajstić information content (AvgIpc) is 2.68. The first-order valence-corrected chi connectivity index (χ1v) is 5.72. The third-order valence-corrected chi connectivity index (χ3v) is 2.81. The van der Waals surface area contributed by atoms with Crippen molar-refractivity contribution in [2.24, 2.45) is 5.73 Å². The van der Waals surface area contributed by atoms with Crippen LogP contribution in [0.4, 0.5) is 4.39 Å². The van der Waals surface area contributed by atoms with Gasteiger partial charge in [0.2, 0.25) is 0 Å². The van der Waals surface area contributed by atoms with Crippen LogP contribution in [0.2, 0.25) is 0 Å². The van der Waals surface area contributed by atoms with Crippen LogP contribution in [0, 0.1) is 12.7 Å². The quantitative estimate of drug-likeness (QED) is 0.879. The summed E-state index contributed by atoms with van der Waals surface area (Å²) in [5.41, 5.74) is 8.45. The van der Waals surface area contributed by atoms with Crippen molar-refractivity contribution < 1.29 is 4.39 Å². The standard InChI is InChI=1S/C13H16FN3/c1-10-11(4-3-7-15)9-16-17(10)13-6-2-5-12(14)8-13/h2,5-6,8-9H,3-4,7,15H2,1H3. The molecule has 0 atom stereocenters. The number of aryl methyl sites for hydroxylation is 1. The lowest BCUT2D eigenvalue weighted by atomic mass is 10.1. The number of halogens is 1. The number of nitrogens with two attached hydrogens (primary N) is 1. The predicted molar refractivity (Wildman–Crippen MR) is 65.6 cm³/mol. The molecule has 2 aromatic rings. The van der Waals surface area contributed by atoms with E-state index in [9.17, 15) is 4.39 Å². The zero-order valence-corrected chi connectivity index (χ0v) is 9.86. The Bertz CT molecular complexity index is 505. The average molecular weight is 233 g/mol. The molecule has 0 radical (unpaired) electrons. The Morgan fingerprint density at radius 3 is 2.94 bits per heavy atom. The van der Waals surface area contributed by atoms with Gasteiger partial charge in [0, 0.05) is 5.69 Å². The summed E-state index contributed by atoms with van der Waals surface area (Å²) in [6, 6.07) is 6.44. The third kappa shape index (κ3) is 2.53. The molecule has 0 aliphatic heterocycles. The lowest BCUT2D eigenvalue weighted by Gasteiger charge is -2.05. The molecular formula is C13H16FN3. The van der Waals surface area contributed by atoms with Gasteiger partial charge in [0.1, 0.15) is 5.82 Å². The van der Waals surface area contributed by atoms with Gasteiger partial charge < -0.3 is 5.73 Å². The Balaban J connectivity index is 2.30. The second kappa shape index (κ2) is 5.10. The Hall–Kier alpha value is -1.68. The molecular weight excluding hydrogens is 217 g/mol. The highest BCUT2D eigenvalue weighted by atomic mass is 19.1. The monoisotopic (exact) mass is 233 g/mol. The van der Waals surface area contributed by atoms with Crippen molar-refractivity contribution in [2.45, 2.75) is 19.8 Å². The van der Waals surface area contributed by atoms with Crippen molar-refractivity contribution in [3.8, 4) is 5.69 Å². The maximum atomic E-state index is 13.1. The molecule has 2 N–H and O–H groups in total. The van der Waals surface area contributed by atoms with E-state index >= 15 is 0 Å². The topological polar surface area (TPSA) is 43.8 Å². The summed E-state index contributed by atoms with van der Waals surface area (Å²) in [6.07, 6.45) is 3.68. The van der Waals surface area contributed by atoms with E-state index in [0.717, 1.165) is 24.2 Å². The second-order valence-corrected chi connectivity index (χ2v) is 4.04. The zero-order chi connectivity index (χ0) is 12.3. The van der Waals surface area contributed by atoms with Crippen molar-refractivity contribution >= 4 is 0 Å². The first-order chi connectivity index (χ1) is 8.22. The van der Waals surface area contributed by atoms with Crippen molar-refractivity contribution in [1.29, 1.82) is 0 Å². The number of hydrogen-bond donors (Lipinski definition) is 1. The van der Waals surface area contributed by atoms with Crippen LogP contribution in [0.1, 0.15) is 17.7 Å². The van der Waals surface area contributed by atoms with Gasteiger partial charge in [0.15, 0.2) is 0 Å². The number of benzene rings is 1. The lowest BCUT2D eigenvalue weighted by Crippen LogP contribution is -2.02. The molecule has 1 aromatic heterocycles. The fourth-order valence-electron chi connectivity index (χ4n) is 1.85. The molecule has 0 spiro atoms. The van der Waals surface area contributed by atoms with E-state index in [4.69, 9.17) is 5.73 Å². The maximum Gasteiger partial charge on any atom is 0.125 e. The normalized spacial score (nSPS) is 10.8. The molecule has 0 unspecified atom stereocenters. The van der Waals surface area contributed by atoms with Gasteiger partial charge in [-0.15, -0.1) is 0 Å². The fourth-order valence-corrected chi connectivity index (χ4v) is 1.85. The van der Waals surface area contributed by atoms with Crippen LogP contribution in [-0.4, -0.2) is 16.3 Å². The molecule has 0 saturated heterocycles. The van der Waals surface area contributed by atoms with Crippen LogP contribution < -0.4 is 5.73 Å². The smallest absolute Gasteiger partial charge is 0.125 e. The van der Waals surface area contributed by atoms with Crippen molar-refractivity contribution in [1.82, 2.24) is 9.78 Å². The number of hydrogen-bond acceptors (Lipinski definition) is 2. The number of aromatic nitrogens is 2. The highest BCUT2D eigenvalue weighted by Crippen LogP contribution is 2.16. The number of nitrogens with zero attached hydrogens (tertiary/aromatic N) is 2. The van der Waals surface area contributed by atoms with Gasteiger partial charge in [0.05, 0.1) is 11.9 Å². The molecule has 90 valence electrons. The number of rotatable bonds is 4. The van der Waals surface area contributed by atoms with Crippen LogP contribution in [0.15, 0.2) is 30.5 Å². The SMILES string of the molecule is Cc1c(CCCN)cnn1-c1cccc(F)c1. The summed E-state index contributed by atoms with van der Waals surface area (Å²) >= 11 is 0. The summed E-state index contributed by atoms with van der Waals surface area (Å²) in [4.78, 5) is 0. The molecule has 0 amide bonds. The van der Waals surface area contributed by atoms with Crippen LogP contribution in [0.3, 0.4) is 0 Å². The first-order valence-electron chi connectivity index (χ1n) is 5.72. The van der Waals surface area contributed by atoms with Gasteiger partial charge in [-0.1, -0.05) is 6.07 Å². The summed E-state index contributed by atoms with van der Waals surface area (Å²) in [5.74, 6) is -0.249. The van der Waals surface area contributed by atoms with E-state index < -0.39 is 0 Å². The van der Waals surface area contributed by atoms with Gasteiger partial charge in [-0.05, 0) is 50.1 Å². The highest BCUT2D eigenvalue weighted by molar-refractivity contribution is 5.35. The van der Waals surface area contributed by atoms with E-state index in [1.807, 2.05) is 19.2 Å². The molecule has 1 heterocycles. The van der Waals surface area contributed by atoms with Crippen LogP contribution in [0.5, 0.6) is 0 Å². The van der Waals surface area contributed by atoms with Crippen molar-refractivity contribution in [3.05, 3.63) is 47.5 Å². The van der Waals surface area contributed by atoms with Gasteiger partial charge in [-0.3, -0.25) is 0 Å². The van der Waals surface area contributed by atoms with Gasteiger partial charge in [-0.2, -0.15) is 5.10 Å². The van der Waals surface area contributed by atoms with E-state index in [0.29, 0.717) is 6.54 Å². The largest absolute Gasteiger partial charge is 0.330 e. The van der Waals surface area contributed by atoms with E-state index in [-0.39, 0.29) is 5.82 Å². The highest BCUT2D eigenvalue weighted by Gasteiger charge is 2.07. The summed E-state index contributed by atoms with van der Waals surface area (Å²) < 4.78 is 14.9. The zero-order valence-electron chi connectivity index (χ0n) is 9.86. The minimum Gasteiger partial charge on any atom is -0.330 e. The Morgan fingerprint density at radius 2 is 2.24 bits per heavy atom. The molecule has 0 aliphatic carbocycles. The summed E-state index contributed by atoms with van der Waals surface area (Å²) in [6.45, 7) is 2.66. The van der Waals surface area contributed by atoms with Crippen LogP contribution >= 0.6 is 0 Å². The molecule has 0 fully saturated rings.